The van der Waals surface area contributed by atoms with Crippen LogP contribution in [-0.4, -0.2) is 37.4 Å². The summed E-state index contributed by atoms with van der Waals surface area (Å²) in [4.78, 5) is 3.28. The molecule has 9 heteroatoms. The molecule has 1 aromatic carbocycles. The first kappa shape index (κ1) is 18.8. The first-order valence-corrected chi connectivity index (χ1v) is 9.16. The van der Waals surface area contributed by atoms with Crippen LogP contribution < -0.4 is 10.1 Å². The van der Waals surface area contributed by atoms with Crippen LogP contribution in [0.5, 0.6) is 5.75 Å². The fourth-order valence-corrected chi connectivity index (χ4v) is 4.32. The zero-order valence-electron chi connectivity index (χ0n) is 12.9. The summed E-state index contributed by atoms with van der Waals surface area (Å²) in [7, 11) is 0. The Balaban J connectivity index is 1.94. The van der Waals surface area contributed by atoms with Crippen molar-refractivity contribution < 1.29 is 17.9 Å². The third kappa shape index (κ3) is 4.80. The van der Waals surface area contributed by atoms with Gasteiger partial charge in [-0.15, -0.1) is 24.5 Å². The number of benzene rings is 1. The first-order valence-electron chi connectivity index (χ1n) is 7.59. The molecule has 1 aromatic heterocycles. The molecule has 1 aliphatic heterocycles. The van der Waals surface area contributed by atoms with Crippen LogP contribution in [0, 0.1) is 0 Å². The van der Waals surface area contributed by atoms with Crippen molar-refractivity contribution in [2.24, 2.45) is 0 Å². The minimum Gasteiger partial charge on any atom is -0.404 e. The molecular formula is C16H15Cl2F3N2OS. The van der Waals surface area contributed by atoms with Crippen LogP contribution in [0.3, 0.4) is 0 Å². The zero-order valence-corrected chi connectivity index (χ0v) is 15.3. The average Bonchev–Trinajstić information content (AvgIpc) is 2.96. The second-order valence-corrected chi connectivity index (χ2v) is 7.72. The lowest BCUT2D eigenvalue weighted by molar-refractivity contribution is -0.274. The maximum atomic E-state index is 12.4. The van der Waals surface area contributed by atoms with Crippen LogP contribution >= 0.6 is 34.5 Å². The summed E-state index contributed by atoms with van der Waals surface area (Å²) in [6, 6.07) is 8.05. The fraction of sp³-hybridized carbons (Fsp3) is 0.375. The van der Waals surface area contributed by atoms with Crippen molar-refractivity contribution in [3.05, 3.63) is 50.1 Å². The normalized spacial score (nSPS) is 17.5. The van der Waals surface area contributed by atoms with Gasteiger partial charge in [0.15, 0.2) is 0 Å². The largest absolute Gasteiger partial charge is 0.573 e. The molecule has 1 N–H and O–H groups in total. The van der Waals surface area contributed by atoms with E-state index in [1.54, 1.807) is 6.07 Å². The molecule has 3 rings (SSSR count). The molecule has 1 aliphatic rings. The van der Waals surface area contributed by atoms with Crippen LogP contribution in [0.4, 0.5) is 13.2 Å². The van der Waals surface area contributed by atoms with Gasteiger partial charge in [-0.25, -0.2) is 0 Å². The summed E-state index contributed by atoms with van der Waals surface area (Å²) in [5.74, 6) is -0.402. The molecule has 0 spiro atoms. The van der Waals surface area contributed by atoms with Crippen molar-refractivity contribution in [3.63, 3.8) is 0 Å². The molecule has 136 valence electrons. The van der Waals surface area contributed by atoms with Gasteiger partial charge in [0.05, 0.1) is 15.4 Å². The quantitative estimate of drug-likeness (QED) is 0.771. The van der Waals surface area contributed by atoms with Crippen LogP contribution in [0.2, 0.25) is 9.36 Å². The fourth-order valence-electron chi connectivity index (χ4n) is 2.87. The van der Waals surface area contributed by atoms with E-state index in [4.69, 9.17) is 23.2 Å². The lowest BCUT2D eigenvalue weighted by Gasteiger charge is -2.35. The Morgan fingerprint density at radius 2 is 1.84 bits per heavy atom. The molecule has 0 saturated carbocycles. The van der Waals surface area contributed by atoms with E-state index in [1.807, 2.05) is 12.1 Å². The Bertz CT molecular complexity index is 732. The predicted molar refractivity (Wildman–Crippen MR) is 93.7 cm³/mol. The molecule has 25 heavy (non-hydrogen) atoms. The van der Waals surface area contributed by atoms with E-state index in [0.29, 0.717) is 4.34 Å². The summed E-state index contributed by atoms with van der Waals surface area (Å²) < 4.78 is 41.9. The number of hydrogen-bond acceptors (Lipinski definition) is 4. The number of halogens is 5. The van der Waals surface area contributed by atoms with E-state index in [-0.39, 0.29) is 11.1 Å². The highest BCUT2D eigenvalue weighted by atomic mass is 35.5. The Morgan fingerprint density at radius 1 is 1.12 bits per heavy atom. The Kier molecular flexibility index (Phi) is 5.80. The summed E-state index contributed by atoms with van der Waals surface area (Å²) in [5, 5.41) is 3.22. The Hall–Kier alpha value is -0.990. The lowest BCUT2D eigenvalue weighted by atomic mass is 10.0. The van der Waals surface area contributed by atoms with Crippen LogP contribution in [0.25, 0.3) is 0 Å². The van der Waals surface area contributed by atoms with E-state index in [9.17, 15) is 13.2 Å². The van der Waals surface area contributed by atoms with E-state index >= 15 is 0 Å². The molecule has 0 bridgehead atoms. The number of thiophene rings is 1. The molecule has 0 radical (unpaired) electrons. The molecule has 2 aromatic rings. The van der Waals surface area contributed by atoms with Crippen molar-refractivity contribution in [1.82, 2.24) is 10.2 Å². The highest BCUT2D eigenvalue weighted by Crippen LogP contribution is 2.39. The maximum Gasteiger partial charge on any atom is 0.573 e. The number of rotatable bonds is 4. The third-order valence-electron chi connectivity index (χ3n) is 3.88. The number of nitrogens with one attached hydrogen (secondary N) is 1. The Labute approximate surface area is 157 Å². The van der Waals surface area contributed by atoms with Gasteiger partial charge in [-0.2, -0.15) is 0 Å². The molecule has 1 fully saturated rings. The molecule has 0 aliphatic carbocycles. The monoisotopic (exact) mass is 410 g/mol. The van der Waals surface area contributed by atoms with Crippen LogP contribution in [0.1, 0.15) is 16.5 Å². The van der Waals surface area contributed by atoms with Crippen LogP contribution in [-0.2, 0) is 0 Å². The highest BCUT2D eigenvalue weighted by Gasteiger charge is 2.32. The van der Waals surface area contributed by atoms with Gasteiger partial charge in [0.1, 0.15) is 5.75 Å². The molecule has 2 heterocycles. The zero-order chi connectivity index (χ0) is 18.0. The van der Waals surface area contributed by atoms with Crippen molar-refractivity contribution in [2.75, 3.05) is 26.2 Å². The maximum absolute atomic E-state index is 12.4. The van der Waals surface area contributed by atoms with Crippen molar-refractivity contribution in [2.45, 2.75) is 12.4 Å². The predicted octanol–water partition coefficient (Wildman–Crippen LogP) is 4.95. The van der Waals surface area contributed by atoms with Gasteiger partial charge in [-0.3, -0.25) is 4.90 Å². The van der Waals surface area contributed by atoms with Gasteiger partial charge in [0.2, 0.25) is 0 Å². The number of hydrogen-bond donors (Lipinski definition) is 1. The topological polar surface area (TPSA) is 24.5 Å². The minimum absolute atomic E-state index is 0.0717. The highest BCUT2D eigenvalue weighted by molar-refractivity contribution is 7.16. The molecule has 1 saturated heterocycles. The number of nitrogens with zero attached hydrogens (tertiary/aromatic N) is 1. The second-order valence-electron chi connectivity index (χ2n) is 5.57. The molecule has 0 unspecified atom stereocenters. The van der Waals surface area contributed by atoms with Crippen LogP contribution in [0.15, 0.2) is 30.3 Å². The third-order valence-corrected chi connectivity index (χ3v) is 5.46. The van der Waals surface area contributed by atoms with Gasteiger partial charge in [0.25, 0.3) is 0 Å². The van der Waals surface area contributed by atoms with Gasteiger partial charge in [0, 0.05) is 31.1 Å². The minimum atomic E-state index is -4.77. The molecule has 3 nitrogen and oxygen atoms in total. The molecule has 0 amide bonds. The standard InChI is InChI=1S/C16H15Cl2F3N2OS/c17-11-9-10(1-2-12(11)24-16(19,20)21)15(13-3-4-14(18)25-13)23-7-5-22-6-8-23/h1-4,9,15,22H,5-8H2/t15-/m1/s1. The smallest absolute Gasteiger partial charge is 0.404 e. The van der Waals surface area contributed by atoms with Crippen molar-refractivity contribution in [3.8, 4) is 5.75 Å². The average molecular weight is 411 g/mol. The van der Waals surface area contributed by atoms with Gasteiger partial charge in [-0.05, 0) is 29.8 Å². The van der Waals surface area contributed by atoms with E-state index in [0.717, 1.165) is 36.6 Å². The van der Waals surface area contributed by atoms with Crippen molar-refractivity contribution >= 4 is 34.5 Å². The lowest BCUT2D eigenvalue weighted by Crippen LogP contribution is -2.45. The first-order chi connectivity index (χ1) is 11.8. The summed E-state index contributed by atoms with van der Waals surface area (Å²) in [6.07, 6.45) is -4.77. The van der Waals surface area contributed by atoms with E-state index in [2.05, 4.69) is 15.0 Å². The van der Waals surface area contributed by atoms with Gasteiger partial charge < -0.3 is 10.1 Å². The van der Waals surface area contributed by atoms with E-state index < -0.39 is 12.1 Å². The SMILES string of the molecule is FC(F)(F)Oc1ccc([C@H](c2ccc(Cl)s2)N2CCNCC2)cc1Cl. The summed E-state index contributed by atoms with van der Waals surface area (Å²) in [6.45, 7) is 3.33. The number of alkyl halides is 3. The summed E-state index contributed by atoms with van der Waals surface area (Å²) >= 11 is 13.6. The number of piperazine rings is 1. The van der Waals surface area contributed by atoms with Gasteiger partial charge in [-0.1, -0.05) is 29.3 Å². The molecule has 1 atom stereocenters. The number of ether oxygens (including phenoxy) is 1. The second kappa shape index (κ2) is 7.72. The summed E-state index contributed by atoms with van der Waals surface area (Å²) in [5.41, 5.74) is 0.806. The Morgan fingerprint density at radius 3 is 2.40 bits per heavy atom. The van der Waals surface area contributed by atoms with E-state index in [1.165, 1.54) is 23.5 Å². The van der Waals surface area contributed by atoms with Crippen molar-refractivity contribution in [1.29, 1.82) is 0 Å². The molecular weight excluding hydrogens is 396 g/mol. The van der Waals surface area contributed by atoms with Gasteiger partial charge >= 0.3 is 6.36 Å².